The highest BCUT2D eigenvalue weighted by molar-refractivity contribution is 8.14. The van der Waals surface area contributed by atoms with Crippen LogP contribution in [0.5, 0.6) is 0 Å². The summed E-state index contributed by atoms with van der Waals surface area (Å²) in [5, 5.41) is 1.28. The molecule has 0 amide bonds. The predicted octanol–water partition coefficient (Wildman–Crippen LogP) is 0.405. The minimum atomic E-state index is 1.04. The molecule has 0 unspecified atom stereocenters. The fourth-order valence-corrected chi connectivity index (χ4v) is 1.67. The van der Waals surface area contributed by atoms with Crippen LogP contribution in [0.1, 0.15) is 0 Å². The highest BCUT2D eigenvalue weighted by Crippen LogP contribution is 2.19. The van der Waals surface area contributed by atoms with E-state index in [4.69, 9.17) is 0 Å². The van der Waals surface area contributed by atoms with Crippen molar-refractivity contribution in [3.8, 4) is 0 Å². The average molecular weight is 128 g/mol. The van der Waals surface area contributed by atoms with Crippen LogP contribution in [0.15, 0.2) is 4.99 Å². The van der Waals surface area contributed by atoms with Crippen molar-refractivity contribution in [1.29, 1.82) is 0 Å². The fraction of sp³-hybridized carbons (Fsp3) is 0.800. The topological polar surface area (TPSA) is 15.4 Å². The summed E-state index contributed by atoms with van der Waals surface area (Å²) in [4.78, 5) is 6.61. The third kappa shape index (κ3) is 0.708. The molecule has 0 spiro atoms. The Kier molecular flexibility index (Phi) is 0.966. The molecule has 0 aromatic rings. The van der Waals surface area contributed by atoms with Gasteiger partial charge in [-0.25, -0.2) is 0 Å². The summed E-state index contributed by atoms with van der Waals surface area (Å²) >= 11 is 1.89. The Balaban J connectivity index is 2.02. The lowest BCUT2D eigenvalue weighted by molar-refractivity contribution is 0.860. The van der Waals surface area contributed by atoms with E-state index in [1.54, 1.807) is 0 Å². The molecule has 0 aromatic carbocycles. The van der Waals surface area contributed by atoms with E-state index in [0.29, 0.717) is 0 Å². The summed E-state index contributed by atoms with van der Waals surface area (Å²) < 4.78 is 0. The molecule has 0 atom stereocenters. The van der Waals surface area contributed by atoms with E-state index >= 15 is 0 Å². The molecule has 2 rings (SSSR count). The lowest BCUT2D eigenvalue weighted by Crippen LogP contribution is -2.01. The molecule has 0 radical (unpaired) electrons. The first-order valence-corrected chi connectivity index (χ1v) is 3.87. The normalized spacial score (nSPS) is 26.0. The Labute approximate surface area is 53.0 Å². The van der Waals surface area contributed by atoms with Crippen molar-refractivity contribution in [3.63, 3.8) is 0 Å². The van der Waals surface area contributed by atoms with Gasteiger partial charge in [-0.1, -0.05) is 11.8 Å². The lowest BCUT2D eigenvalue weighted by atomic mass is 10.8. The molecule has 0 saturated carbocycles. The summed E-state index contributed by atoms with van der Waals surface area (Å²) in [5.74, 6) is 1.20. The molecule has 1 fully saturated rings. The molecule has 2 aliphatic heterocycles. The Morgan fingerprint density at radius 3 is 2.88 bits per heavy atom. The Bertz CT molecular complexity index is 128. The largest absolute Gasteiger partial charge is 0.348 e. The molecular formula is C5H8N2S. The molecule has 44 valence electrons. The van der Waals surface area contributed by atoms with Crippen molar-refractivity contribution in [2.24, 2.45) is 4.99 Å². The van der Waals surface area contributed by atoms with Gasteiger partial charge in [0.15, 0.2) is 5.17 Å². The predicted molar refractivity (Wildman–Crippen MR) is 36.3 cm³/mol. The Hall–Kier alpha value is -0.180. The van der Waals surface area contributed by atoms with Gasteiger partial charge in [-0.05, 0) is 0 Å². The summed E-state index contributed by atoms with van der Waals surface area (Å²) in [5.41, 5.74) is 0. The van der Waals surface area contributed by atoms with Crippen LogP contribution in [0, 0.1) is 0 Å². The van der Waals surface area contributed by atoms with Crippen LogP contribution in [0.25, 0.3) is 0 Å². The van der Waals surface area contributed by atoms with E-state index in [9.17, 15) is 0 Å². The maximum absolute atomic E-state index is 4.30. The highest BCUT2D eigenvalue weighted by atomic mass is 32.2. The van der Waals surface area contributed by atoms with Crippen molar-refractivity contribution in [2.45, 2.75) is 0 Å². The van der Waals surface area contributed by atoms with Gasteiger partial charge in [0.1, 0.15) is 0 Å². The van der Waals surface area contributed by atoms with Crippen molar-refractivity contribution in [3.05, 3.63) is 0 Å². The van der Waals surface area contributed by atoms with Gasteiger partial charge in [-0.3, -0.25) is 4.99 Å². The van der Waals surface area contributed by atoms with E-state index in [0.717, 1.165) is 6.54 Å². The van der Waals surface area contributed by atoms with Gasteiger partial charge in [-0.15, -0.1) is 0 Å². The minimum absolute atomic E-state index is 1.04. The number of hydrogen-bond acceptors (Lipinski definition) is 3. The molecule has 8 heavy (non-hydrogen) atoms. The third-order valence-electron chi connectivity index (χ3n) is 1.29. The SMILES string of the molecule is C1CSC(N2CC2)=N1. The van der Waals surface area contributed by atoms with E-state index in [-0.39, 0.29) is 0 Å². The van der Waals surface area contributed by atoms with Crippen LogP contribution in [-0.4, -0.2) is 35.5 Å². The molecule has 0 aliphatic carbocycles. The number of thioether (sulfide) groups is 1. The molecule has 3 heteroatoms. The van der Waals surface area contributed by atoms with Crippen LogP contribution in [-0.2, 0) is 0 Å². The lowest BCUT2D eigenvalue weighted by Gasteiger charge is -1.95. The van der Waals surface area contributed by atoms with Crippen molar-refractivity contribution in [2.75, 3.05) is 25.4 Å². The average Bonchev–Trinajstić information content (AvgIpc) is 2.49. The second-order valence-electron chi connectivity index (χ2n) is 2.00. The van der Waals surface area contributed by atoms with Gasteiger partial charge in [0, 0.05) is 18.8 Å². The Morgan fingerprint density at radius 1 is 1.50 bits per heavy atom. The van der Waals surface area contributed by atoms with Gasteiger partial charge in [0.2, 0.25) is 0 Å². The number of rotatable bonds is 0. The number of amidine groups is 1. The molecule has 1 saturated heterocycles. The standard InChI is InChI=1S/C5H8N2S/c1-4-8-5(6-1)7-2-3-7/h1-4H2. The smallest absolute Gasteiger partial charge is 0.159 e. The molecule has 0 N–H and O–H groups in total. The van der Waals surface area contributed by atoms with Gasteiger partial charge >= 0.3 is 0 Å². The van der Waals surface area contributed by atoms with Crippen LogP contribution >= 0.6 is 11.8 Å². The van der Waals surface area contributed by atoms with E-state index in [1.165, 1.54) is 24.0 Å². The van der Waals surface area contributed by atoms with Gasteiger partial charge < -0.3 is 4.90 Å². The molecule has 2 aliphatic rings. The second kappa shape index (κ2) is 1.65. The molecule has 2 nitrogen and oxygen atoms in total. The van der Waals surface area contributed by atoms with Gasteiger partial charge in [-0.2, -0.15) is 0 Å². The third-order valence-corrected chi connectivity index (χ3v) is 2.32. The maximum atomic E-state index is 4.30. The van der Waals surface area contributed by atoms with Crippen LogP contribution < -0.4 is 0 Å². The fourth-order valence-electron chi connectivity index (χ4n) is 0.756. The van der Waals surface area contributed by atoms with Crippen molar-refractivity contribution < 1.29 is 0 Å². The first kappa shape index (κ1) is 4.68. The number of hydrogen-bond donors (Lipinski definition) is 0. The second-order valence-corrected chi connectivity index (χ2v) is 3.06. The van der Waals surface area contributed by atoms with E-state index < -0.39 is 0 Å². The monoisotopic (exact) mass is 128 g/mol. The zero-order valence-electron chi connectivity index (χ0n) is 4.63. The summed E-state index contributed by atoms with van der Waals surface area (Å²) in [6, 6.07) is 0. The van der Waals surface area contributed by atoms with Crippen molar-refractivity contribution >= 4 is 16.9 Å². The van der Waals surface area contributed by atoms with E-state index in [1.807, 2.05) is 11.8 Å². The summed E-state index contributed by atoms with van der Waals surface area (Å²) in [7, 11) is 0. The highest BCUT2D eigenvalue weighted by Gasteiger charge is 2.23. The van der Waals surface area contributed by atoms with E-state index in [2.05, 4.69) is 9.89 Å². The summed E-state index contributed by atoms with van der Waals surface area (Å²) in [6.07, 6.45) is 0. The Morgan fingerprint density at radius 2 is 2.38 bits per heavy atom. The van der Waals surface area contributed by atoms with Gasteiger partial charge in [0.25, 0.3) is 0 Å². The molecule has 0 aromatic heterocycles. The maximum Gasteiger partial charge on any atom is 0.159 e. The quantitative estimate of drug-likeness (QED) is 0.439. The number of aliphatic imine (C=N–C) groups is 1. The van der Waals surface area contributed by atoms with Gasteiger partial charge in [0.05, 0.1) is 6.54 Å². The van der Waals surface area contributed by atoms with Crippen LogP contribution in [0.3, 0.4) is 0 Å². The zero-order chi connectivity index (χ0) is 5.40. The molecule has 0 bridgehead atoms. The first-order chi connectivity index (χ1) is 3.97. The van der Waals surface area contributed by atoms with Crippen LogP contribution in [0.4, 0.5) is 0 Å². The number of nitrogens with zero attached hydrogens (tertiary/aromatic N) is 2. The zero-order valence-corrected chi connectivity index (χ0v) is 5.45. The molecular weight excluding hydrogens is 120 g/mol. The minimum Gasteiger partial charge on any atom is -0.348 e. The summed E-state index contributed by atoms with van der Waals surface area (Å²) in [6.45, 7) is 3.52. The van der Waals surface area contributed by atoms with Crippen molar-refractivity contribution in [1.82, 2.24) is 4.90 Å². The van der Waals surface area contributed by atoms with Crippen LogP contribution in [0.2, 0.25) is 0 Å². The molecule has 2 heterocycles. The first-order valence-electron chi connectivity index (χ1n) is 2.89.